The summed E-state index contributed by atoms with van der Waals surface area (Å²) in [4.78, 5) is 60.2. The number of thioether (sulfide) groups is 1. The number of methoxy groups -OCH3 is 1. The number of benzene rings is 3. The average Bonchev–Trinajstić information content (AvgIpc) is 2.87. The molecular weight excluding hydrogens is 488 g/mol. The van der Waals surface area contributed by atoms with E-state index in [1.54, 1.807) is 42.5 Å². The van der Waals surface area contributed by atoms with Crippen molar-refractivity contribution in [3.8, 4) is 0 Å². The van der Waals surface area contributed by atoms with E-state index in [1.165, 1.54) is 24.9 Å². The van der Waals surface area contributed by atoms with E-state index >= 15 is 0 Å². The zero-order valence-corrected chi connectivity index (χ0v) is 19.6. The summed E-state index contributed by atoms with van der Waals surface area (Å²) in [5, 5.41) is 23.7. The van der Waals surface area contributed by atoms with E-state index in [2.05, 4.69) is 10.6 Å². The Bertz CT molecular complexity index is 1360. The summed E-state index contributed by atoms with van der Waals surface area (Å²) in [6, 6.07) is 16.2. The molecule has 10 nitrogen and oxygen atoms in total. The Morgan fingerprint density at radius 2 is 1.56 bits per heavy atom. The lowest BCUT2D eigenvalue weighted by Gasteiger charge is -2.11. The zero-order valence-electron chi connectivity index (χ0n) is 18.8. The van der Waals surface area contributed by atoms with Gasteiger partial charge in [-0.3, -0.25) is 9.59 Å². The molecule has 0 heterocycles. The van der Waals surface area contributed by atoms with E-state index in [-0.39, 0.29) is 28.4 Å². The largest absolute Gasteiger partial charge is 0.478 e. The lowest BCUT2D eigenvalue weighted by atomic mass is 10.0. The third kappa shape index (κ3) is 6.48. The van der Waals surface area contributed by atoms with Crippen LogP contribution in [0, 0.1) is 0 Å². The van der Waals surface area contributed by atoms with Gasteiger partial charge in [-0.1, -0.05) is 18.2 Å². The quantitative estimate of drug-likeness (QED) is 0.249. The molecule has 0 spiro atoms. The molecule has 3 aromatic rings. The van der Waals surface area contributed by atoms with Crippen LogP contribution in [0.5, 0.6) is 0 Å². The van der Waals surface area contributed by atoms with Crippen molar-refractivity contribution >= 4 is 52.9 Å². The molecule has 0 fully saturated rings. The highest BCUT2D eigenvalue weighted by molar-refractivity contribution is 8.00. The maximum atomic E-state index is 12.7. The molecule has 11 heteroatoms. The van der Waals surface area contributed by atoms with Crippen molar-refractivity contribution in [1.82, 2.24) is 0 Å². The number of carbonyl (C=O) groups excluding carboxylic acids is 3. The van der Waals surface area contributed by atoms with Gasteiger partial charge in [0.1, 0.15) is 0 Å². The van der Waals surface area contributed by atoms with Crippen LogP contribution in [0.4, 0.5) is 11.4 Å². The van der Waals surface area contributed by atoms with E-state index in [9.17, 15) is 29.1 Å². The number of hydrogen-bond donors (Lipinski definition) is 4. The van der Waals surface area contributed by atoms with Gasteiger partial charge in [0.25, 0.3) is 5.91 Å². The van der Waals surface area contributed by atoms with Gasteiger partial charge in [0.15, 0.2) is 0 Å². The molecule has 0 bridgehead atoms. The summed E-state index contributed by atoms with van der Waals surface area (Å²) in [5.41, 5.74) is -0.00902. The van der Waals surface area contributed by atoms with Crippen LogP contribution in [0.1, 0.15) is 41.4 Å². The third-order valence-corrected chi connectivity index (χ3v) is 5.80. The van der Waals surface area contributed by atoms with Crippen LogP contribution in [-0.2, 0) is 9.53 Å². The topological polar surface area (TPSA) is 159 Å². The number of carbonyl (C=O) groups is 5. The zero-order chi connectivity index (χ0) is 26.2. The van der Waals surface area contributed by atoms with Crippen LogP contribution < -0.4 is 10.6 Å². The second kappa shape index (κ2) is 11.7. The number of carboxylic acids is 2. The van der Waals surface area contributed by atoms with Gasteiger partial charge in [-0.15, -0.1) is 11.8 Å². The van der Waals surface area contributed by atoms with Crippen molar-refractivity contribution in [1.29, 1.82) is 0 Å². The van der Waals surface area contributed by atoms with E-state index in [0.717, 1.165) is 18.2 Å². The Morgan fingerprint density at radius 3 is 2.25 bits per heavy atom. The monoisotopic (exact) mass is 508 g/mol. The molecule has 3 rings (SSSR count). The van der Waals surface area contributed by atoms with Crippen LogP contribution in [0.15, 0.2) is 71.6 Å². The predicted octanol–water partition coefficient (Wildman–Crippen LogP) is 3.85. The number of amides is 2. The lowest BCUT2D eigenvalue weighted by molar-refractivity contribution is -0.113. The van der Waals surface area contributed by atoms with Crippen molar-refractivity contribution in [2.75, 3.05) is 23.5 Å². The number of aromatic carboxylic acids is 2. The molecule has 0 atom stereocenters. The van der Waals surface area contributed by atoms with Gasteiger partial charge in [0.05, 0.1) is 40.8 Å². The first kappa shape index (κ1) is 26.0. The molecular formula is C25H20N2O8S. The second-order valence-electron chi connectivity index (χ2n) is 7.23. The minimum atomic E-state index is -1.44. The van der Waals surface area contributed by atoms with Gasteiger partial charge in [-0.05, 0) is 48.5 Å². The van der Waals surface area contributed by atoms with Crippen molar-refractivity contribution in [2.24, 2.45) is 0 Å². The summed E-state index contributed by atoms with van der Waals surface area (Å²) < 4.78 is 4.71. The van der Waals surface area contributed by atoms with Crippen LogP contribution in [0.3, 0.4) is 0 Å². The normalized spacial score (nSPS) is 10.2. The Morgan fingerprint density at radius 1 is 0.806 bits per heavy atom. The third-order valence-electron chi connectivity index (χ3n) is 4.81. The molecule has 36 heavy (non-hydrogen) atoms. The molecule has 2 amide bonds. The molecule has 0 radical (unpaired) electrons. The average molecular weight is 509 g/mol. The van der Waals surface area contributed by atoms with E-state index < -0.39 is 29.4 Å². The van der Waals surface area contributed by atoms with Gasteiger partial charge < -0.3 is 25.6 Å². The number of esters is 1. The molecule has 3 aromatic carbocycles. The molecule has 0 aliphatic heterocycles. The predicted molar refractivity (Wildman–Crippen MR) is 132 cm³/mol. The Kier molecular flexibility index (Phi) is 8.42. The molecule has 0 unspecified atom stereocenters. The van der Waals surface area contributed by atoms with Gasteiger partial charge >= 0.3 is 17.9 Å². The number of nitrogens with one attached hydrogen (secondary N) is 2. The van der Waals surface area contributed by atoms with Gasteiger partial charge in [0.2, 0.25) is 5.91 Å². The maximum Gasteiger partial charge on any atom is 0.339 e. The molecule has 0 aromatic heterocycles. The number of carboxylic acid groups (broad SMARTS) is 2. The summed E-state index contributed by atoms with van der Waals surface area (Å²) >= 11 is 1.18. The lowest BCUT2D eigenvalue weighted by Crippen LogP contribution is -2.17. The van der Waals surface area contributed by atoms with Gasteiger partial charge in [0, 0.05) is 10.6 Å². The second-order valence-corrected chi connectivity index (χ2v) is 8.28. The molecule has 0 saturated heterocycles. The number of anilines is 2. The fourth-order valence-corrected chi connectivity index (χ4v) is 3.88. The van der Waals surface area contributed by atoms with Crippen molar-refractivity contribution in [2.45, 2.75) is 4.90 Å². The summed E-state index contributed by atoms with van der Waals surface area (Å²) in [6.07, 6.45) is 0. The molecule has 0 aliphatic rings. The highest BCUT2D eigenvalue weighted by Gasteiger charge is 2.19. The van der Waals surface area contributed by atoms with E-state index in [4.69, 9.17) is 9.84 Å². The highest BCUT2D eigenvalue weighted by Crippen LogP contribution is 2.24. The van der Waals surface area contributed by atoms with Crippen LogP contribution in [0.2, 0.25) is 0 Å². The summed E-state index contributed by atoms with van der Waals surface area (Å²) in [7, 11) is 1.25. The fraction of sp³-hybridized carbons (Fsp3) is 0.0800. The Hall–Kier alpha value is -4.64. The minimum Gasteiger partial charge on any atom is -0.478 e. The van der Waals surface area contributed by atoms with Crippen molar-refractivity contribution in [3.63, 3.8) is 0 Å². The standard InChI is InChI=1S/C25H20N2O8S/c1-35-25(34)18-7-2-3-8-20(18)27-21(28)13-36-16-6-4-5-15(12-16)26-22(29)17-10-9-14(23(30)31)11-19(17)24(32)33/h2-12H,13H2,1H3,(H,26,29)(H,27,28)(H,30,31)(H,32,33). The maximum absolute atomic E-state index is 12.7. The van der Waals surface area contributed by atoms with Crippen LogP contribution in [0.25, 0.3) is 0 Å². The van der Waals surface area contributed by atoms with Crippen LogP contribution in [-0.4, -0.2) is 52.8 Å². The Balaban J connectivity index is 1.67. The van der Waals surface area contributed by atoms with Gasteiger partial charge in [-0.25, -0.2) is 14.4 Å². The van der Waals surface area contributed by atoms with E-state index in [0.29, 0.717) is 16.3 Å². The summed E-state index contributed by atoms with van der Waals surface area (Å²) in [5.74, 6) is -4.42. The van der Waals surface area contributed by atoms with Gasteiger partial charge in [-0.2, -0.15) is 0 Å². The molecule has 0 aliphatic carbocycles. The smallest absolute Gasteiger partial charge is 0.339 e. The fourth-order valence-electron chi connectivity index (χ4n) is 3.13. The van der Waals surface area contributed by atoms with Crippen molar-refractivity contribution < 1.29 is 38.9 Å². The number of hydrogen-bond acceptors (Lipinski definition) is 7. The Labute approximate surface area is 209 Å². The first-order valence-electron chi connectivity index (χ1n) is 10.3. The number of para-hydroxylation sites is 1. The highest BCUT2D eigenvalue weighted by atomic mass is 32.2. The first-order chi connectivity index (χ1) is 17.2. The molecule has 0 saturated carbocycles. The van der Waals surface area contributed by atoms with E-state index in [1.807, 2.05) is 0 Å². The minimum absolute atomic E-state index is 0.00667. The van der Waals surface area contributed by atoms with Crippen molar-refractivity contribution in [3.05, 3.63) is 89.0 Å². The SMILES string of the molecule is COC(=O)c1ccccc1NC(=O)CSc1cccc(NC(=O)c2ccc(C(=O)O)cc2C(=O)O)c1. The first-order valence-corrected chi connectivity index (χ1v) is 11.3. The van der Waals surface area contributed by atoms with Crippen LogP contribution >= 0.6 is 11.8 Å². The summed E-state index contributed by atoms with van der Waals surface area (Å²) in [6.45, 7) is 0. The number of rotatable bonds is 9. The number of ether oxygens (including phenoxy) is 1. The molecule has 4 N–H and O–H groups in total. The molecule has 184 valence electrons.